The summed E-state index contributed by atoms with van der Waals surface area (Å²) >= 11 is 1.84. The molecule has 54 heavy (non-hydrogen) atoms. The van der Waals surface area contributed by atoms with Crippen molar-refractivity contribution in [3.63, 3.8) is 0 Å². The molecule has 8 aromatic carbocycles. The lowest BCUT2D eigenvalue weighted by atomic mass is 9.97. The SMILES string of the molecule is c1ccc(-c2nc(-c3ccc(-c4cccc5ccccc45)cc3)nc(-c3ccc4c(c3)oc3ccc(-c5ccc6c(c5)sc5ccccc56)cc34)n2)cc1. The summed E-state index contributed by atoms with van der Waals surface area (Å²) in [5, 5.41) is 7.20. The highest BCUT2D eigenvalue weighted by molar-refractivity contribution is 7.25. The summed E-state index contributed by atoms with van der Waals surface area (Å²) in [6.07, 6.45) is 0. The van der Waals surface area contributed by atoms with E-state index in [9.17, 15) is 0 Å². The Bertz CT molecular complexity index is 3210. The Morgan fingerprint density at radius 2 is 0.926 bits per heavy atom. The maximum Gasteiger partial charge on any atom is 0.164 e. The molecule has 0 unspecified atom stereocenters. The van der Waals surface area contributed by atoms with Crippen LogP contribution in [0.3, 0.4) is 0 Å². The van der Waals surface area contributed by atoms with Crippen molar-refractivity contribution < 1.29 is 4.42 Å². The number of aromatic nitrogens is 3. The van der Waals surface area contributed by atoms with Crippen LogP contribution in [-0.4, -0.2) is 15.0 Å². The van der Waals surface area contributed by atoms with Crippen molar-refractivity contribution in [1.29, 1.82) is 0 Å². The quantitative estimate of drug-likeness (QED) is 0.179. The summed E-state index contributed by atoms with van der Waals surface area (Å²) in [4.78, 5) is 15.0. The molecule has 0 bridgehead atoms. The van der Waals surface area contributed by atoms with Gasteiger partial charge in [0.2, 0.25) is 0 Å². The molecule has 0 fully saturated rings. The van der Waals surface area contributed by atoms with Gasteiger partial charge in [-0.2, -0.15) is 0 Å². The average molecular weight is 708 g/mol. The van der Waals surface area contributed by atoms with Gasteiger partial charge >= 0.3 is 0 Å². The minimum atomic E-state index is 0.594. The lowest BCUT2D eigenvalue weighted by molar-refractivity contribution is 0.669. The van der Waals surface area contributed by atoms with Crippen LogP contribution in [0.25, 0.3) is 109 Å². The van der Waals surface area contributed by atoms with Crippen LogP contribution in [-0.2, 0) is 0 Å². The van der Waals surface area contributed by atoms with E-state index in [0.717, 1.165) is 49.8 Å². The smallest absolute Gasteiger partial charge is 0.164 e. The molecule has 0 atom stereocenters. The lowest BCUT2D eigenvalue weighted by Crippen LogP contribution is -2.00. The highest BCUT2D eigenvalue weighted by Gasteiger charge is 2.16. The van der Waals surface area contributed by atoms with Gasteiger partial charge in [0, 0.05) is 47.6 Å². The van der Waals surface area contributed by atoms with E-state index in [1.807, 2.05) is 41.7 Å². The van der Waals surface area contributed by atoms with Crippen LogP contribution in [0.2, 0.25) is 0 Å². The first kappa shape index (κ1) is 30.7. The number of furan rings is 1. The first-order valence-electron chi connectivity index (χ1n) is 18.0. The molecular formula is C49H29N3OS. The van der Waals surface area contributed by atoms with Crippen molar-refractivity contribution in [2.24, 2.45) is 0 Å². The predicted octanol–water partition coefficient (Wildman–Crippen LogP) is 13.6. The van der Waals surface area contributed by atoms with Gasteiger partial charge in [-0.05, 0) is 69.4 Å². The predicted molar refractivity (Wildman–Crippen MR) is 225 cm³/mol. The Morgan fingerprint density at radius 3 is 1.78 bits per heavy atom. The molecule has 0 aliphatic carbocycles. The third-order valence-electron chi connectivity index (χ3n) is 10.4. The van der Waals surface area contributed by atoms with Crippen molar-refractivity contribution >= 4 is 64.2 Å². The van der Waals surface area contributed by atoms with E-state index in [0.29, 0.717) is 17.5 Å². The second-order valence-electron chi connectivity index (χ2n) is 13.6. The number of hydrogen-bond acceptors (Lipinski definition) is 5. The summed E-state index contributed by atoms with van der Waals surface area (Å²) in [5.41, 5.74) is 9.06. The number of thiophene rings is 1. The molecule has 0 saturated heterocycles. The summed E-state index contributed by atoms with van der Waals surface area (Å²) in [7, 11) is 0. The largest absolute Gasteiger partial charge is 0.456 e. The van der Waals surface area contributed by atoms with Gasteiger partial charge in [-0.15, -0.1) is 11.3 Å². The maximum atomic E-state index is 6.46. The molecule has 3 heterocycles. The van der Waals surface area contributed by atoms with E-state index < -0.39 is 0 Å². The van der Waals surface area contributed by atoms with E-state index in [1.54, 1.807) is 0 Å². The zero-order valence-electron chi connectivity index (χ0n) is 28.9. The fourth-order valence-corrected chi connectivity index (χ4v) is 8.77. The molecule has 3 aromatic heterocycles. The Kier molecular flexibility index (Phi) is 7.00. The Balaban J connectivity index is 0.982. The molecule has 0 saturated carbocycles. The Hall–Kier alpha value is -6.95. The van der Waals surface area contributed by atoms with Gasteiger partial charge in [-0.25, -0.2) is 15.0 Å². The van der Waals surface area contributed by atoms with Crippen LogP contribution >= 0.6 is 11.3 Å². The molecule has 11 rings (SSSR count). The van der Waals surface area contributed by atoms with Gasteiger partial charge in [0.1, 0.15) is 11.2 Å². The second-order valence-corrected chi connectivity index (χ2v) is 14.7. The molecule has 0 N–H and O–H groups in total. The zero-order valence-corrected chi connectivity index (χ0v) is 29.7. The van der Waals surface area contributed by atoms with Gasteiger partial charge in [-0.1, -0.05) is 140 Å². The summed E-state index contributed by atoms with van der Waals surface area (Å²) < 4.78 is 9.07. The van der Waals surface area contributed by atoms with E-state index in [1.165, 1.54) is 42.1 Å². The molecule has 11 aromatic rings. The van der Waals surface area contributed by atoms with Crippen molar-refractivity contribution in [3.8, 4) is 56.4 Å². The first-order chi connectivity index (χ1) is 26.7. The Morgan fingerprint density at radius 1 is 0.333 bits per heavy atom. The third-order valence-corrected chi connectivity index (χ3v) is 11.5. The zero-order chi connectivity index (χ0) is 35.6. The number of fused-ring (bicyclic) bond motifs is 7. The number of nitrogens with zero attached hydrogens (tertiary/aromatic N) is 3. The van der Waals surface area contributed by atoms with Crippen LogP contribution in [0.4, 0.5) is 0 Å². The maximum absolute atomic E-state index is 6.46. The van der Waals surface area contributed by atoms with Crippen molar-refractivity contribution in [2.75, 3.05) is 0 Å². The van der Waals surface area contributed by atoms with Gasteiger partial charge in [-0.3, -0.25) is 0 Å². The highest BCUT2D eigenvalue weighted by Crippen LogP contribution is 2.39. The van der Waals surface area contributed by atoms with Crippen LogP contribution in [0, 0.1) is 0 Å². The van der Waals surface area contributed by atoms with E-state index >= 15 is 0 Å². The van der Waals surface area contributed by atoms with Crippen LogP contribution < -0.4 is 0 Å². The third kappa shape index (κ3) is 5.17. The molecule has 0 aliphatic rings. The lowest BCUT2D eigenvalue weighted by Gasteiger charge is -2.10. The fraction of sp³-hybridized carbons (Fsp3) is 0. The average Bonchev–Trinajstić information content (AvgIpc) is 3.81. The standard InChI is InChI=1S/C49H29N3OS/c1-2-10-32(11-3-1)47-50-48(33-19-17-31(18-20-33)38-15-8-12-30-9-4-5-13-37(30)38)52-49(51-47)36-22-24-39-42-27-34(23-26-43(42)53-44(39)28-36)35-21-25-41-40-14-6-7-16-45(40)54-46(41)29-35/h1-29H. The minimum absolute atomic E-state index is 0.594. The van der Waals surface area contributed by atoms with E-state index in [-0.39, 0.29) is 0 Å². The van der Waals surface area contributed by atoms with Crippen LogP contribution in [0.15, 0.2) is 180 Å². The molecule has 5 heteroatoms. The molecule has 252 valence electrons. The van der Waals surface area contributed by atoms with Crippen molar-refractivity contribution in [2.45, 2.75) is 0 Å². The first-order valence-corrected chi connectivity index (χ1v) is 18.8. The minimum Gasteiger partial charge on any atom is -0.456 e. The molecule has 0 aliphatic heterocycles. The topological polar surface area (TPSA) is 51.8 Å². The second kappa shape index (κ2) is 12.3. The summed E-state index contributed by atoms with van der Waals surface area (Å²) in [5.74, 6) is 1.84. The van der Waals surface area contributed by atoms with Gasteiger partial charge < -0.3 is 4.42 Å². The normalized spacial score (nSPS) is 11.7. The van der Waals surface area contributed by atoms with Crippen molar-refractivity contribution in [1.82, 2.24) is 15.0 Å². The Labute approximate surface area is 314 Å². The van der Waals surface area contributed by atoms with Crippen molar-refractivity contribution in [3.05, 3.63) is 176 Å². The highest BCUT2D eigenvalue weighted by atomic mass is 32.1. The number of hydrogen-bond donors (Lipinski definition) is 0. The van der Waals surface area contributed by atoms with Gasteiger partial charge in [0.25, 0.3) is 0 Å². The van der Waals surface area contributed by atoms with Gasteiger partial charge in [0.05, 0.1) is 0 Å². The molecule has 4 nitrogen and oxygen atoms in total. The fourth-order valence-electron chi connectivity index (χ4n) is 7.63. The monoisotopic (exact) mass is 707 g/mol. The summed E-state index contributed by atoms with van der Waals surface area (Å²) in [6.45, 7) is 0. The molecular weight excluding hydrogens is 679 g/mol. The number of rotatable bonds is 5. The van der Waals surface area contributed by atoms with Crippen LogP contribution in [0.1, 0.15) is 0 Å². The van der Waals surface area contributed by atoms with Gasteiger partial charge in [0.15, 0.2) is 17.5 Å². The molecule has 0 amide bonds. The van der Waals surface area contributed by atoms with Crippen LogP contribution in [0.5, 0.6) is 0 Å². The molecule has 0 radical (unpaired) electrons. The van der Waals surface area contributed by atoms with E-state index in [4.69, 9.17) is 19.4 Å². The van der Waals surface area contributed by atoms with E-state index in [2.05, 4.69) is 146 Å². The summed E-state index contributed by atoms with van der Waals surface area (Å²) in [6, 6.07) is 61.6. The number of benzene rings is 8. The molecule has 0 spiro atoms.